The van der Waals surface area contributed by atoms with Crippen molar-refractivity contribution in [1.29, 1.82) is 0 Å². The molecule has 0 aliphatic carbocycles. The van der Waals surface area contributed by atoms with Gasteiger partial charge in [0.2, 0.25) is 0 Å². The Balaban J connectivity index is 1.21. The molecular formula is C46H29NO. The van der Waals surface area contributed by atoms with Gasteiger partial charge in [-0.1, -0.05) is 127 Å². The van der Waals surface area contributed by atoms with Gasteiger partial charge >= 0.3 is 0 Å². The van der Waals surface area contributed by atoms with Gasteiger partial charge in [0.15, 0.2) is 0 Å². The third-order valence-electron chi connectivity index (χ3n) is 9.81. The molecule has 0 radical (unpaired) electrons. The second-order valence-electron chi connectivity index (χ2n) is 12.5. The van der Waals surface area contributed by atoms with Gasteiger partial charge in [0, 0.05) is 33.6 Å². The van der Waals surface area contributed by atoms with Gasteiger partial charge in [-0.2, -0.15) is 0 Å². The number of hydrogen-bond donors (Lipinski definition) is 0. The maximum Gasteiger partial charge on any atom is 0.137 e. The summed E-state index contributed by atoms with van der Waals surface area (Å²) in [6.45, 7) is 0. The van der Waals surface area contributed by atoms with Gasteiger partial charge in [0.1, 0.15) is 11.2 Å². The molecule has 0 N–H and O–H groups in total. The molecule has 10 aromatic rings. The highest BCUT2D eigenvalue weighted by molar-refractivity contribution is 6.19. The fourth-order valence-electron chi connectivity index (χ4n) is 7.51. The number of fused-ring (bicyclic) bond motifs is 9. The van der Waals surface area contributed by atoms with Crippen LogP contribution in [0.3, 0.4) is 0 Å². The summed E-state index contributed by atoms with van der Waals surface area (Å²) in [5, 5.41) is 12.2. The predicted octanol–water partition coefficient (Wildman–Crippen LogP) is 13.3. The Kier molecular flexibility index (Phi) is 5.91. The van der Waals surface area contributed by atoms with Crippen LogP contribution < -0.4 is 4.90 Å². The molecule has 0 fully saturated rings. The first-order valence-corrected chi connectivity index (χ1v) is 16.4. The van der Waals surface area contributed by atoms with Crippen molar-refractivity contribution in [2.45, 2.75) is 0 Å². The second-order valence-corrected chi connectivity index (χ2v) is 12.5. The third kappa shape index (κ3) is 4.20. The molecule has 48 heavy (non-hydrogen) atoms. The average molecular weight is 612 g/mol. The van der Waals surface area contributed by atoms with Crippen LogP contribution >= 0.6 is 0 Å². The van der Waals surface area contributed by atoms with Crippen molar-refractivity contribution in [2.24, 2.45) is 0 Å². The Bertz CT molecular complexity index is 2860. The lowest BCUT2D eigenvalue weighted by atomic mass is 9.95. The molecule has 0 aliphatic rings. The quantitative estimate of drug-likeness (QED) is 0.184. The summed E-state index contributed by atoms with van der Waals surface area (Å²) in [4.78, 5) is 2.38. The van der Waals surface area contributed by atoms with E-state index in [1.165, 1.54) is 54.2 Å². The molecule has 0 spiro atoms. The van der Waals surface area contributed by atoms with E-state index in [9.17, 15) is 0 Å². The van der Waals surface area contributed by atoms with E-state index < -0.39 is 0 Å². The van der Waals surface area contributed by atoms with Gasteiger partial charge in [0.25, 0.3) is 0 Å². The van der Waals surface area contributed by atoms with E-state index in [-0.39, 0.29) is 0 Å². The lowest BCUT2D eigenvalue weighted by Gasteiger charge is -2.27. The largest absolute Gasteiger partial charge is 0.456 e. The molecule has 0 unspecified atom stereocenters. The highest BCUT2D eigenvalue weighted by Gasteiger charge is 2.19. The van der Waals surface area contributed by atoms with Crippen LogP contribution in [0.5, 0.6) is 0 Å². The number of para-hydroxylation sites is 1. The second kappa shape index (κ2) is 10.6. The lowest BCUT2D eigenvalue weighted by molar-refractivity contribution is 0.669. The number of benzene rings is 9. The Morgan fingerprint density at radius 3 is 1.85 bits per heavy atom. The first kappa shape index (κ1) is 26.8. The average Bonchev–Trinajstić information content (AvgIpc) is 3.53. The summed E-state index contributed by atoms with van der Waals surface area (Å²) in [6.07, 6.45) is 0. The Labute approximate surface area is 277 Å². The molecule has 10 rings (SSSR count). The summed E-state index contributed by atoms with van der Waals surface area (Å²) < 4.78 is 6.41. The van der Waals surface area contributed by atoms with Crippen molar-refractivity contribution >= 4 is 82.1 Å². The van der Waals surface area contributed by atoms with Crippen LogP contribution in [0.1, 0.15) is 0 Å². The smallest absolute Gasteiger partial charge is 0.137 e. The van der Waals surface area contributed by atoms with Crippen LogP contribution in [0.4, 0.5) is 17.1 Å². The number of hydrogen-bond acceptors (Lipinski definition) is 2. The van der Waals surface area contributed by atoms with Crippen LogP contribution in [-0.2, 0) is 0 Å². The Hall–Kier alpha value is -6.38. The van der Waals surface area contributed by atoms with Crippen LogP contribution in [0.25, 0.3) is 76.2 Å². The van der Waals surface area contributed by atoms with E-state index in [0.29, 0.717) is 0 Å². The van der Waals surface area contributed by atoms with Crippen LogP contribution in [-0.4, -0.2) is 0 Å². The summed E-state index contributed by atoms with van der Waals surface area (Å²) in [5.74, 6) is 0. The number of rotatable bonds is 4. The number of anilines is 3. The molecule has 1 heterocycles. The molecular weight excluding hydrogens is 583 g/mol. The van der Waals surface area contributed by atoms with E-state index in [1.807, 2.05) is 12.1 Å². The fraction of sp³-hybridized carbons (Fsp3) is 0. The van der Waals surface area contributed by atoms with Crippen molar-refractivity contribution in [3.8, 4) is 11.1 Å². The number of nitrogens with zero attached hydrogens (tertiary/aromatic N) is 1. The molecule has 2 heteroatoms. The van der Waals surface area contributed by atoms with Gasteiger partial charge in [-0.05, 0) is 91.3 Å². The predicted molar refractivity (Wildman–Crippen MR) is 204 cm³/mol. The van der Waals surface area contributed by atoms with E-state index in [0.717, 1.165) is 39.0 Å². The topological polar surface area (TPSA) is 16.4 Å². The van der Waals surface area contributed by atoms with Gasteiger partial charge in [0.05, 0.1) is 5.69 Å². The summed E-state index contributed by atoms with van der Waals surface area (Å²) >= 11 is 0. The SMILES string of the molecule is c1cc(-c2ccc3ccccc3c2)cc(N(c2ccc3c(c2)oc2ccccc23)c2cccc3c2ccc2c4ccccc4ccc32)c1. The first-order valence-electron chi connectivity index (χ1n) is 16.4. The summed E-state index contributed by atoms with van der Waals surface area (Å²) in [7, 11) is 0. The minimum atomic E-state index is 0.876. The van der Waals surface area contributed by atoms with Crippen molar-refractivity contribution in [3.05, 3.63) is 176 Å². The minimum absolute atomic E-state index is 0.876. The molecule has 224 valence electrons. The van der Waals surface area contributed by atoms with E-state index >= 15 is 0 Å². The molecule has 0 saturated carbocycles. The normalized spacial score (nSPS) is 11.8. The van der Waals surface area contributed by atoms with Crippen molar-refractivity contribution in [2.75, 3.05) is 4.90 Å². The van der Waals surface area contributed by atoms with Gasteiger partial charge < -0.3 is 9.32 Å². The molecule has 0 bridgehead atoms. The zero-order chi connectivity index (χ0) is 31.6. The Morgan fingerprint density at radius 2 is 0.917 bits per heavy atom. The molecule has 0 saturated heterocycles. The van der Waals surface area contributed by atoms with Crippen LogP contribution in [0.15, 0.2) is 180 Å². The van der Waals surface area contributed by atoms with Gasteiger partial charge in [-0.25, -0.2) is 0 Å². The molecule has 9 aromatic carbocycles. The third-order valence-corrected chi connectivity index (χ3v) is 9.81. The monoisotopic (exact) mass is 611 g/mol. The highest BCUT2D eigenvalue weighted by atomic mass is 16.3. The molecule has 0 aliphatic heterocycles. The zero-order valence-corrected chi connectivity index (χ0v) is 26.1. The Morgan fingerprint density at radius 1 is 0.312 bits per heavy atom. The first-order chi connectivity index (χ1) is 23.8. The van der Waals surface area contributed by atoms with Crippen molar-refractivity contribution in [3.63, 3.8) is 0 Å². The zero-order valence-electron chi connectivity index (χ0n) is 26.1. The van der Waals surface area contributed by atoms with E-state index in [1.54, 1.807) is 0 Å². The maximum absolute atomic E-state index is 6.41. The van der Waals surface area contributed by atoms with Gasteiger partial charge in [-0.15, -0.1) is 0 Å². The van der Waals surface area contributed by atoms with Crippen LogP contribution in [0.2, 0.25) is 0 Å². The summed E-state index contributed by atoms with van der Waals surface area (Å²) in [6, 6.07) is 63.4. The fourth-order valence-corrected chi connectivity index (χ4v) is 7.51. The minimum Gasteiger partial charge on any atom is -0.456 e. The number of furan rings is 1. The van der Waals surface area contributed by atoms with Crippen molar-refractivity contribution in [1.82, 2.24) is 0 Å². The van der Waals surface area contributed by atoms with E-state index in [4.69, 9.17) is 4.42 Å². The van der Waals surface area contributed by atoms with E-state index in [2.05, 4.69) is 169 Å². The molecule has 2 nitrogen and oxygen atoms in total. The highest BCUT2D eigenvalue weighted by Crippen LogP contribution is 2.44. The standard InChI is InChI=1S/C46H29NO/c1-2-11-32-27-34(20-19-30(32)9-1)33-12-7-13-35(28-33)47(36-22-24-43-42-15-5-6-18-45(42)48-46(43)29-36)44-17-8-16-38-40-23-21-31-10-3-4-14-37(31)39(40)25-26-41(38)44/h1-29H. The van der Waals surface area contributed by atoms with Gasteiger partial charge in [-0.3, -0.25) is 0 Å². The maximum atomic E-state index is 6.41. The molecule has 0 amide bonds. The lowest BCUT2D eigenvalue weighted by Crippen LogP contribution is -2.10. The molecule has 1 aromatic heterocycles. The molecule has 0 atom stereocenters. The van der Waals surface area contributed by atoms with Crippen LogP contribution in [0, 0.1) is 0 Å². The summed E-state index contributed by atoms with van der Waals surface area (Å²) in [5.41, 5.74) is 7.39. The van der Waals surface area contributed by atoms with Crippen molar-refractivity contribution < 1.29 is 4.42 Å².